The molecule has 3 N–H and O–H groups in total. The van der Waals surface area contributed by atoms with Crippen LogP contribution >= 0.6 is 0 Å². The highest BCUT2D eigenvalue weighted by molar-refractivity contribution is 5.98. The first-order chi connectivity index (χ1) is 9.15. The zero-order chi connectivity index (χ0) is 13.4. The molecule has 1 fully saturated rings. The van der Waals surface area contributed by atoms with Gasteiger partial charge in [0.15, 0.2) is 0 Å². The van der Waals surface area contributed by atoms with E-state index in [1.165, 1.54) is 0 Å². The Kier molecular flexibility index (Phi) is 3.14. The summed E-state index contributed by atoms with van der Waals surface area (Å²) < 4.78 is 11.0. The molecule has 2 heterocycles. The minimum absolute atomic E-state index is 0.0340. The molecule has 0 unspecified atom stereocenters. The van der Waals surface area contributed by atoms with Crippen molar-refractivity contribution in [3.63, 3.8) is 0 Å². The molecule has 102 valence electrons. The number of benzene rings is 1. The molecule has 0 saturated carbocycles. The van der Waals surface area contributed by atoms with Crippen LogP contribution < -0.4 is 15.5 Å². The van der Waals surface area contributed by atoms with Gasteiger partial charge in [-0.1, -0.05) is 6.07 Å². The van der Waals surface area contributed by atoms with E-state index in [1.807, 2.05) is 12.1 Å². The molecule has 0 spiro atoms. The van der Waals surface area contributed by atoms with E-state index in [9.17, 15) is 10.0 Å². The van der Waals surface area contributed by atoms with E-state index >= 15 is 0 Å². The van der Waals surface area contributed by atoms with Crippen LogP contribution in [-0.4, -0.2) is 36.5 Å². The Balaban J connectivity index is 1.84. The molecule has 0 radical (unpaired) electrons. The molecule has 0 bridgehead atoms. The zero-order valence-corrected chi connectivity index (χ0v) is 10.4. The number of ether oxygens (including phenoxy) is 2. The van der Waals surface area contributed by atoms with Crippen LogP contribution in [0.3, 0.4) is 0 Å². The number of hydrogen-bond acceptors (Lipinski definition) is 5. The van der Waals surface area contributed by atoms with Gasteiger partial charge >= 0.3 is 0 Å². The zero-order valence-electron chi connectivity index (χ0n) is 10.4. The van der Waals surface area contributed by atoms with Crippen molar-refractivity contribution in [3.05, 3.63) is 23.8 Å². The van der Waals surface area contributed by atoms with Crippen molar-refractivity contribution < 1.29 is 19.5 Å². The smallest absolute Gasteiger partial charge is 0.267 e. The minimum Gasteiger partial charge on any atom is -0.488 e. The molecule has 19 heavy (non-hydrogen) atoms. The van der Waals surface area contributed by atoms with Crippen LogP contribution in [0.2, 0.25) is 0 Å². The molecule has 3 rings (SSSR count). The van der Waals surface area contributed by atoms with Crippen molar-refractivity contribution in [2.75, 3.05) is 18.3 Å². The summed E-state index contributed by atoms with van der Waals surface area (Å²) in [4.78, 5) is 11.6. The maximum atomic E-state index is 11.6. The van der Waals surface area contributed by atoms with E-state index in [4.69, 9.17) is 15.2 Å². The molecular weight excluding hydrogens is 248 g/mol. The molecular formula is C13H16N2O4. The maximum absolute atomic E-state index is 11.6. The summed E-state index contributed by atoms with van der Waals surface area (Å²) >= 11 is 0. The number of carbonyl (C=O) groups is 1. The number of nitrogens with zero attached hydrogens (tertiary/aromatic N) is 1. The monoisotopic (exact) mass is 264 g/mol. The fourth-order valence-electron chi connectivity index (χ4n) is 2.39. The number of anilines is 1. The highest BCUT2D eigenvalue weighted by Gasteiger charge is 2.30. The molecule has 6 heteroatoms. The molecule has 1 aromatic rings. The first kappa shape index (κ1) is 12.4. The standard InChI is InChI=1S/C13H16N2O4/c14-11-5-8-1-2-9(19-10-3-4-18-7-10)6-12(8)15(17)13(11)16/h1-2,6,10-11,17H,3-5,7,14H2/t10-,11-/m0/s1. The van der Waals surface area contributed by atoms with Gasteiger partial charge in [-0.2, -0.15) is 5.06 Å². The Labute approximate surface area is 110 Å². The van der Waals surface area contributed by atoms with Crippen LogP contribution in [0.15, 0.2) is 18.2 Å². The molecule has 0 aromatic heterocycles. The molecule has 0 aliphatic carbocycles. The van der Waals surface area contributed by atoms with Crippen molar-refractivity contribution in [3.8, 4) is 5.75 Å². The van der Waals surface area contributed by atoms with Crippen LogP contribution in [0, 0.1) is 0 Å². The number of nitrogens with two attached hydrogens (primary N) is 1. The first-order valence-corrected chi connectivity index (χ1v) is 6.31. The molecule has 1 aromatic carbocycles. The van der Waals surface area contributed by atoms with Crippen LogP contribution in [0.5, 0.6) is 5.75 Å². The van der Waals surface area contributed by atoms with Gasteiger partial charge < -0.3 is 15.2 Å². The van der Waals surface area contributed by atoms with Gasteiger partial charge in [0.25, 0.3) is 5.91 Å². The third-order valence-corrected chi connectivity index (χ3v) is 3.44. The van der Waals surface area contributed by atoms with Gasteiger partial charge in [0.2, 0.25) is 0 Å². The summed E-state index contributed by atoms with van der Waals surface area (Å²) in [6, 6.07) is 4.63. The number of rotatable bonds is 2. The van der Waals surface area contributed by atoms with Gasteiger partial charge in [-0.15, -0.1) is 0 Å². The molecule has 2 aliphatic heterocycles. The second-order valence-electron chi connectivity index (χ2n) is 4.85. The third-order valence-electron chi connectivity index (χ3n) is 3.44. The Morgan fingerprint density at radius 3 is 3.05 bits per heavy atom. The van der Waals surface area contributed by atoms with Gasteiger partial charge in [0.1, 0.15) is 11.9 Å². The van der Waals surface area contributed by atoms with E-state index in [1.54, 1.807) is 6.07 Å². The van der Waals surface area contributed by atoms with Crippen LogP contribution in [0.1, 0.15) is 12.0 Å². The normalized spacial score (nSPS) is 26.4. The van der Waals surface area contributed by atoms with Crippen LogP contribution in [0.4, 0.5) is 5.69 Å². The first-order valence-electron chi connectivity index (χ1n) is 6.31. The van der Waals surface area contributed by atoms with E-state index in [0.717, 1.165) is 12.0 Å². The van der Waals surface area contributed by atoms with E-state index in [0.29, 0.717) is 36.1 Å². The molecule has 1 amide bonds. The minimum atomic E-state index is -0.687. The Hall–Kier alpha value is -1.63. The summed E-state index contributed by atoms with van der Waals surface area (Å²) in [7, 11) is 0. The lowest BCUT2D eigenvalue weighted by atomic mass is 9.99. The van der Waals surface area contributed by atoms with Gasteiger partial charge in [-0.05, 0) is 18.1 Å². The lowest BCUT2D eigenvalue weighted by Gasteiger charge is -2.28. The van der Waals surface area contributed by atoms with E-state index in [-0.39, 0.29) is 6.10 Å². The second kappa shape index (κ2) is 4.80. The average Bonchev–Trinajstić information content (AvgIpc) is 2.90. The summed E-state index contributed by atoms with van der Waals surface area (Å²) in [5.74, 6) is 0.130. The number of fused-ring (bicyclic) bond motifs is 1. The summed E-state index contributed by atoms with van der Waals surface area (Å²) in [5.41, 5.74) is 6.94. The van der Waals surface area contributed by atoms with Gasteiger partial charge in [-0.25, -0.2) is 0 Å². The number of hydrogen-bond donors (Lipinski definition) is 2. The van der Waals surface area contributed by atoms with Crippen molar-refractivity contribution >= 4 is 11.6 Å². The van der Waals surface area contributed by atoms with Gasteiger partial charge in [0.05, 0.1) is 24.9 Å². The highest BCUT2D eigenvalue weighted by atomic mass is 16.5. The summed E-state index contributed by atoms with van der Waals surface area (Å²) in [6.07, 6.45) is 1.31. The Morgan fingerprint density at radius 1 is 1.47 bits per heavy atom. The fourth-order valence-corrected chi connectivity index (χ4v) is 2.39. The summed E-state index contributed by atoms with van der Waals surface area (Å²) in [6.45, 7) is 1.28. The molecule has 1 saturated heterocycles. The molecule has 6 nitrogen and oxygen atoms in total. The lowest BCUT2D eigenvalue weighted by molar-refractivity contribution is -0.125. The topological polar surface area (TPSA) is 85.0 Å². The van der Waals surface area contributed by atoms with Crippen molar-refractivity contribution in [2.45, 2.75) is 25.0 Å². The maximum Gasteiger partial charge on any atom is 0.267 e. The molecule has 2 atom stereocenters. The van der Waals surface area contributed by atoms with E-state index in [2.05, 4.69) is 0 Å². The summed E-state index contributed by atoms with van der Waals surface area (Å²) in [5, 5.41) is 10.4. The average molecular weight is 264 g/mol. The van der Waals surface area contributed by atoms with Crippen molar-refractivity contribution in [1.29, 1.82) is 0 Å². The fraction of sp³-hybridized carbons (Fsp3) is 0.462. The van der Waals surface area contributed by atoms with Crippen molar-refractivity contribution in [1.82, 2.24) is 0 Å². The number of carbonyl (C=O) groups excluding carboxylic acids is 1. The quantitative estimate of drug-likeness (QED) is 0.758. The van der Waals surface area contributed by atoms with Crippen molar-refractivity contribution in [2.24, 2.45) is 5.73 Å². The van der Waals surface area contributed by atoms with E-state index < -0.39 is 11.9 Å². The Morgan fingerprint density at radius 2 is 2.32 bits per heavy atom. The predicted molar refractivity (Wildman–Crippen MR) is 67.2 cm³/mol. The second-order valence-corrected chi connectivity index (χ2v) is 4.85. The third kappa shape index (κ3) is 2.30. The SMILES string of the molecule is N[C@H]1Cc2ccc(O[C@H]3CCOC3)cc2N(O)C1=O. The van der Waals surface area contributed by atoms with Crippen LogP contribution in [-0.2, 0) is 16.0 Å². The molecule has 2 aliphatic rings. The number of hydroxylamine groups is 1. The highest BCUT2D eigenvalue weighted by Crippen LogP contribution is 2.31. The Bertz CT molecular complexity index is 499. The largest absolute Gasteiger partial charge is 0.488 e. The lowest BCUT2D eigenvalue weighted by Crippen LogP contribution is -2.47. The van der Waals surface area contributed by atoms with Crippen LogP contribution in [0.25, 0.3) is 0 Å². The van der Waals surface area contributed by atoms with Gasteiger partial charge in [-0.3, -0.25) is 10.0 Å². The van der Waals surface area contributed by atoms with Gasteiger partial charge in [0, 0.05) is 12.5 Å². The predicted octanol–water partition coefficient (Wildman–Crippen LogP) is 0.460. The number of amides is 1.